The Morgan fingerprint density at radius 3 is 2.79 bits per heavy atom. The number of benzene rings is 2. The van der Waals surface area contributed by atoms with Crippen LogP contribution in [0.5, 0.6) is 11.5 Å². The van der Waals surface area contributed by atoms with E-state index in [1.165, 1.54) is 19.2 Å². The van der Waals surface area contributed by atoms with Crippen molar-refractivity contribution in [2.45, 2.75) is 18.4 Å². The van der Waals surface area contributed by atoms with Gasteiger partial charge >= 0.3 is 0 Å². The van der Waals surface area contributed by atoms with Crippen molar-refractivity contribution in [3.8, 4) is 22.8 Å². The molecule has 0 radical (unpaired) electrons. The summed E-state index contributed by atoms with van der Waals surface area (Å²) >= 11 is 6.10. The van der Waals surface area contributed by atoms with Crippen LogP contribution in [0.1, 0.15) is 17.9 Å². The first-order valence-electron chi connectivity index (χ1n) is 9.39. The minimum atomic E-state index is -0.352. The average molecular weight is 416 g/mol. The maximum atomic E-state index is 12.9. The molecule has 1 aliphatic rings. The third kappa shape index (κ3) is 3.37. The predicted octanol–water partition coefficient (Wildman–Crippen LogP) is 3.61. The number of likely N-dealkylation sites (N-methyl/N-ethyl adjacent to an activating group) is 1. The van der Waals surface area contributed by atoms with Crippen LogP contribution in [0.15, 0.2) is 45.6 Å². The number of phenolic OH excluding ortho intramolecular Hbond substituents is 1. The maximum absolute atomic E-state index is 12.9. The van der Waals surface area contributed by atoms with Crippen molar-refractivity contribution in [2.24, 2.45) is 0 Å². The van der Waals surface area contributed by atoms with Crippen LogP contribution in [0, 0.1) is 0 Å². The molecule has 0 spiro atoms. The van der Waals surface area contributed by atoms with Crippen LogP contribution in [0.2, 0.25) is 5.02 Å². The van der Waals surface area contributed by atoms with E-state index in [0.717, 1.165) is 13.0 Å². The fraction of sp³-hybridized carbons (Fsp3) is 0.318. The summed E-state index contributed by atoms with van der Waals surface area (Å²) < 4.78 is 11.7. The van der Waals surface area contributed by atoms with Crippen molar-refractivity contribution in [3.05, 3.63) is 57.2 Å². The number of ether oxygens (including phenoxy) is 1. The topological polar surface area (TPSA) is 83.1 Å². The summed E-state index contributed by atoms with van der Waals surface area (Å²) in [7, 11) is 3.46. The number of fused-ring (bicyclic) bond motifs is 1. The molecule has 1 aromatic heterocycles. The van der Waals surface area contributed by atoms with Crippen molar-refractivity contribution in [1.82, 2.24) is 4.90 Å². The minimum absolute atomic E-state index is 0.0368. The van der Waals surface area contributed by atoms with Gasteiger partial charge in [-0.05, 0) is 32.1 Å². The lowest BCUT2D eigenvalue weighted by Crippen LogP contribution is -2.32. The molecule has 29 heavy (non-hydrogen) atoms. The number of aromatic hydroxyl groups is 1. The standard InChI is InChI=1S/C22H22ClNO5/c1-24-7-6-14(15(24)11-25)20-19(28-2)10-17(27)21-16(26)9-18(29-22(20)21)12-4-3-5-13(23)8-12/h3-5,8-10,14-15,25,27H,6-7,11H2,1-2H3/t14-,15+/m0/s1. The maximum Gasteiger partial charge on any atom is 0.197 e. The lowest BCUT2D eigenvalue weighted by molar-refractivity contribution is 0.171. The summed E-state index contributed by atoms with van der Waals surface area (Å²) in [5.74, 6) is 0.477. The van der Waals surface area contributed by atoms with Crippen molar-refractivity contribution >= 4 is 22.6 Å². The highest BCUT2D eigenvalue weighted by atomic mass is 35.5. The molecule has 6 nitrogen and oxygen atoms in total. The smallest absolute Gasteiger partial charge is 0.197 e. The van der Waals surface area contributed by atoms with Crippen LogP contribution in [0.25, 0.3) is 22.3 Å². The summed E-state index contributed by atoms with van der Waals surface area (Å²) in [5.41, 5.74) is 1.27. The summed E-state index contributed by atoms with van der Waals surface area (Å²) in [4.78, 5) is 15.0. The van der Waals surface area contributed by atoms with Gasteiger partial charge < -0.3 is 24.3 Å². The van der Waals surface area contributed by atoms with Crippen molar-refractivity contribution in [1.29, 1.82) is 0 Å². The van der Waals surface area contributed by atoms with E-state index in [4.69, 9.17) is 20.8 Å². The highest BCUT2D eigenvalue weighted by Crippen LogP contribution is 2.44. The van der Waals surface area contributed by atoms with Gasteiger partial charge in [-0.2, -0.15) is 0 Å². The lowest BCUT2D eigenvalue weighted by atomic mass is 9.89. The number of halogens is 1. The first kappa shape index (κ1) is 19.8. The van der Waals surface area contributed by atoms with Crippen LogP contribution in [0.3, 0.4) is 0 Å². The van der Waals surface area contributed by atoms with Gasteiger partial charge in [0.25, 0.3) is 0 Å². The largest absolute Gasteiger partial charge is 0.507 e. The van der Waals surface area contributed by atoms with Crippen LogP contribution in [0.4, 0.5) is 0 Å². The Labute approximate surface area is 172 Å². The Hall–Kier alpha value is -2.54. The molecule has 2 heterocycles. The second-order valence-electron chi connectivity index (χ2n) is 7.33. The molecule has 2 atom stereocenters. The summed E-state index contributed by atoms with van der Waals surface area (Å²) in [6.45, 7) is 0.755. The first-order valence-corrected chi connectivity index (χ1v) is 9.77. The van der Waals surface area contributed by atoms with Crippen molar-refractivity contribution in [2.75, 3.05) is 27.3 Å². The number of likely N-dealkylation sites (tertiary alicyclic amines) is 1. The highest BCUT2D eigenvalue weighted by Gasteiger charge is 2.37. The zero-order valence-electron chi connectivity index (χ0n) is 16.2. The third-order valence-electron chi connectivity index (χ3n) is 5.69. The van der Waals surface area contributed by atoms with E-state index in [2.05, 4.69) is 4.90 Å². The van der Waals surface area contributed by atoms with E-state index >= 15 is 0 Å². The van der Waals surface area contributed by atoms with Crippen LogP contribution in [-0.2, 0) is 0 Å². The number of hydrogen-bond acceptors (Lipinski definition) is 6. The molecule has 0 unspecified atom stereocenters. The summed E-state index contributed by atoms with van der Waals surface area (Å²) in [6.07, 6.45) is 0.767. The number of phenols is 1. The Morgan fingerprint density at radius 2 is 2.10 bits per heavy atom. The first-order chi connectivity index (χ1) is 13.9. The van der Waals surface area contributed by atoms with E-state index in [1.807, 2.05) is 7.05 Å². The highest BCUT2D eigenvalue weighted by molar-refractivity contribution is 6.30. The molecule has 1 saturated heterocycles. The molecule has 0 amide bonds. The fourth-order valence-corrected chi connectivity index (χ4v) is 4.42. The number of aliphatic hydroxyl groups is 1. The Balaban J connectivity index is 2.03. The SMILES string of the molecule is COc1cc(O)c2c(=O)cc(-c3cccc(Cl)c3)oc2c1[C@H]1CCN(C)[C@@H]1CO. The fourth-order valence-electron chi connectivity index (χ4n) is 4.23. The number of methoxy groups -OCH3 is 1. The molecule has 7 heteroatoms. The predicted molar refractivity (Wildman–Crippen MR) is 112 cm³/mol. The number of hydrogen-bond donors (Lipinski definition) is 2. The van der Waals surface area contributed by atoms with E-state index in [9.17, 15) is 15.0 Å². The number of nitrogens with zero attached hydrogens (tertiary/aromatic N) is 1. The quantitative estimate of drug-likeness (QED) is 0.677. The van der Waals surface area contributed by atoms with Gasteiger partial charge in [0.05, 0.1) is 13.7 Å². The number of rotatable bonds is 4. The molecule has 4 rings (SSSR count). The zero-order chi connectivity index (χ0) is 20.7. The Morgan fingerprint density at radius 1 is 1.31 bits per heavy atom. The van der Waals surface area contributed by atoms with Crippen LogP contribution in [-0.4, -0.2) is 48.5 Å². The molecule has 2 aromatic carbocycles. The van der Waals surface area contributed by atoms with Gasteiger partial charge in [-0.25, -0.2) is 0 Å². The van der Waals surface area contributed by atoms with E-state index < -0.39 is 0 Å². The molecular formula is C22H22ClNO5. The minimum Gasteiger partial charge on any atom is -0.507 e. The van der Waals surface area contributed by atoms with Gasteiger partial charge in [-0.1, -0.05) is 23.7 Å². The third-order valence-corrected chi connectivity index (χ3v) is 5.93. The summed E-state index contributed by atoms with van der Waals surface area (Å²) in [5, 5.41) is 21.1. The van der Waals surface area contributed by atoms with Gasteiger partial charge in [0, 0.05) is 40.2 Å². The molecule has 152 valence electrons. The molecular weight excluding hydrogens is 394 g/mol. The number of aliphatic hydroxyl groups excluding tert-OH is 1. The van der Waals surface area contributed by atoms with Gasteiger partial charge in [0.2, 0.25) is 0 Å². The van der Waals surface area contributed by atoms with Gasteiger partial charge in [-0.3, -0.25) is 4.79 Å². The van der Waals surface area contributed by atoms with E-state index in [1.54, 1.807) is 24.3 Å². The van der Waals surface area contributed by atoms with Crippen LogP contribution >= 0.6 is 11.6 Å². The second kappa shape index (κ2) is 7.71. The lowest BCUT2D eigenvalue weighted by Gasteiger charge is -2.25. The normalized spacial score (nSPS) is 19.7. The molecule has 0 saturated carbocycles. The average Bonchev–Trinajstić information content (AvgIpc) is 3.07. The Bertz CT molecular complexity index is 1130. The van der Waals surface area contributed by atoms with E-state index in [-0.39, 0.29) is 40.7 Å². The molecule has 0 bridgehead atoms. The molecule has 0 aliphatic carbocycles. The van der Waals surface area contributed by atoms with Gasteiger partial charge in [0.15, 0.2) is 5.43 Å². The van der Waals surface area contributed by atoms with Crippen molar-refractivity contribution < 1.29 is 19.4 Å². The van der Waals surface area contributed by atoms with Crippen molar-refractivity contribution in [3.63, 3.8) is 0 Å². The van der Waals surface area contributed by atoms with Crippen LogP contribution < -0.4 is 10.2 Å². The van der Waals surface area contributed by atoms with Gasteiger partial charge in [-0.15, -0.1) is 0 Å². The molecule has 1 fully saturated rings. The Kier molecular flexibility index (Phi) is 5.25. The second-order valence-corrected chi connectivity index (χ2v) is 7.76. The monoisotopic (exact) mass is 415 g/mol. The molecule has 2 N–H and O–H groups in total. The molecule has 1 aliphatic heterocycles. The molecule has 3 aromatic rings. The van der Waals surface area contributed by atoms with Gasteiger partial charge in [0.1, 0.15) is 28.2 Å². The van der Waals surface area contributed by atoms with E-state index in [0.29, 0.717) is 27.7 Å². The summed E-state index contributed by atoms with van der Waals surface area (Å²) in [6, 6.07) is 9.69. The zero-order valence-corrected chi connectivity index (χ0v) is 16.9.